The maximum Gasteiger partial charge on any atom is 0.215 e. The molecule has 3 N–H and O–H groups in total. The van der Waals surface area contributed by atoms with Crippen molar-refractivity contribution in [2.45, 2.75) is 25.8 Å². The number of sulfonamides is 1. The molecule has 0 spiro atoms. The first kappa shape index (κ1) is 12.6. The summed E-state index contributed by atoms with van der Waals surface area (Å²) >= 11 is 0. The fourth-order valence-electron chi connectivity index (χ4n) is 1.03. The molecule has 13 heavy (non-hydrogen) atoms. The Labute approximate surface area is 80.3 Å². The smallest absolute Gasteiger partial charge is 0.215 e. The molecular formula is C8H18N2O2S. The van der Waals surface area contributed by atoms with E-state index in [1.807, 2.05) is 6.92 Å². The van der Waals surface area contributed by atoms with E-state index in [1.165, 1.54) is 6.08 Å². The predicted octanol–water partition coefficient (Wildman–Crippen LogP) is 0.219. The molecule has 0 fully saturated rings. The summed E-state index contributed by atoms with van der Waals surface area (Å²) in [5.74, 6) is -0.0484. The third-order valence-corrected chi connectivity index (χ3v) is 2.97. The van der Waals surface area contributed by atoms with Crippen LogP contribution in [0.1, 0.15) is 19.8 Å². The zero-order chi connectivity index (χ0) is 10.3. The molecule has 5 heteroatoms. The van der Waals surface area contributed by atoms with Crippen LogP contribution in [-0.4, -0.2) is 26.8 Å². The SMILES string of the molecule is C=CCS(=O)(=O)NC(CN)CCC. The zero-order valence-electron chi connectivity index (χ0n) is 7.99. The molecule has 0 saturated carbocycles. The Morgan fingerprint density at radius 1 is 1.62 bits per heavy atom. The highest BCUT2D eigenvalue weighted by Crippen LogP contribution is 1.97. The maximum absolute atomic E-state index is 11.2. The molecule has 1 unspecified atom stereocenters. The van der Waals surface area contributed by atoms with Crippen LogP contribution in [0.5, 0.6) is 0 Å². The van der Waals surface area contributed by atoms with Gasteiger partial charge in [0, 0.05) is 12.6 Å². The van der Waals surface area contributed by atoms with Crippen LogP contribution in [-0.2, 0) is 10.0 Å². The van der Waals surface area contributed by atoms with Gasteiger partial charge in [0.05, 0.1) is 5.75 Å². The van der Waals surface area contributed by atoms with Gasteiger partial charge in [-0.3, -0.25) is 0 Å². The Balaban J connectivity index is 4.13. The molecule has 0 heterocycles. The summed E-state index contributed by atoms with van der Waals surface area (Å²) in [5, 5.41) is 0. The summed E-state index contributed by atoms with van der Waals surface area (Å²) in [7, 11) is -3.21. The zero-order valence-corrected chi connectivity index (χ0v) is 8.81. The second-order valence-electron chi connectivity index (χ2n) is 2.91. The fourth-order valence-corrected chi connectivity index (χ4v) is 2.16. The molecule has 0 aliphatic rings. The van der Waals surface area contributed by atoms with Crippen molar-refractivity contribution < 1.29 is 8.42 Å². The van der Waals surface area contributed by atoms with Crippen molar-refractivity contribution in [2.24, 2.45) is 5.73 Å². The normalized spacial score (nSPS) is 14.0. The molecule has 0 rings (SSSR count). The van der Waals surface area contributed by atoms with Crippen molar-refractivity contribution in [1.29, 1.82) is 0 Å². The van der Waals surface area contributed by atoms with E-state index in [-0.39, 0.29) is 11.8 Å². The van der Waals surface area contributed by atoms with Gasteiger partial charge in [0.1, 0.15) is 0 Å². The van der Waals surface area contributed by atoms with E-state index in [1.54, 1.807) is 0 Å². The van der Waals surface area contributed by atoms with E-state index in [0.717, 1.165) is 12.8 Å². The van der Waals surface area contributed by atoms with Gasteiger partial charge in [-0.25, -0.2) is 13.1 Å². The van der Waals surface area contributed by atoms with Crippen molar-refractivity contribution >= 4 is 10.0 Å². The van der Waals surface area contributed by atoms with E-state index in [9.17, 15) is 8.42 Å². The van der Waals surface area contributed by atoms with Crippen molar-refractivity contribution in [2.75, 3.05) is 12.3 Å². The Kier molecular flexibility index (Phi) is 5.94. The minimum Gasteiger partial charge on any atom is -0.329 e. The summed E-state index contributed by atoms with van der Waals surface area (Å²) in [6, 6.07) is -0.144. The topological polar surface area (TPSA) is 72.2 Å². The minimum atomic E-state index is -3.21. The largest absolute Gasteiger partial charge is 0.329 e. The lowest BCUT2D eigenvalue weighted by atomic mass is 10.2. The molecule has 0 saturated heterocycles. The molecule has 4 nitrogen and oxygen atoms in total. The second kappa shape index (κ2) is 6.12. The van der Waals surface area contributed by atoms with Gasteiger partial charge in [0.25, 0.3) is 0 Å². The third-order valence-electron chi connectivity index (χ3n) is 1.61. The average molecular weight is 206 g/mol. The van der Waals surface area contributed by atoms with E-state index >= 15 is 0 Å². The summed E-state index contributed by atoms with van der Waals surface area (Å²) in [6.45, 7) is 5.70. The first-order valence-corrected chi connectivity index (χ1v) is 6.02. The number of hydrogen-bond acceptors (Lipinski definition) is 3. The maximum atomic E-state index is 11.2. The fraction of sp³-hybridized carbons (Fsp3) is 0.750. The van der Waals surface area contributed by atoms with Crippen LogP contribution in [0.25, 0.3) is 0 Å². The average Bonchev–Trinajstić information content (AvgIpc) is 2.03. The van der Waals surface area contributed by atoms with E-state index in [4.69, 9.17) is 5.73 Å². The monoisotopic (exact) mass is 206 g/mol. The third kappa shape index (κ3) is 5.79. The summed E-state index contributed by atoms with van der Waals surface area (Å²) in [5.41, 5.74) is 5.41. The van der Waals surface area contributed by atoms with Crippen LogP contribution in [0, 0.1) is 0 Å². The molecule has 0 aliphatic carbocycles. The van der Waals surface area contributed by atoms with Gasteiger partial charge in [-0.15, -0.1) is 6.58 Å². The molecule has 1 atom stereocenters. The minimum absolute atomic E-state index is 0.0484. The summed E-state index contributed by atoms with van der Waals surface area (Å²) < 4.78 is 25.0. The molecule has 0 amide bonds. The van der Waals surface area contributed by atoms with Crippen molar-refractivity contribution in [3.8, 4) is 0 Å². The van der Waals surface area contributed by atoms with Crippen molar-refractivity contribution in [3.05, 3.63) is 12.7 Å². The van der Waals surface area contributed by atoms with Crippen LogP contribution in [0.4, 0.5) is 0 Å². The summed E-state index contributed by atoms with van der Waals surface area (Å²) in [4.78, 5) is 0. The van der Waals surface area contributed by atoms with Gasteiger partial charge in [0.15, 0.2) is 0 Å². The molecular weight excluding hydrogens is 188 g/mol. The number of nitrogens with one attached hydrogen (secondary N) is 1. The Morgan fingerprint density at radius 3 is 2.62 bits per heavy atom. The lowest BCUT2D eigenvalue weighted by Crippen LogP contribution is -2.40. The van der Waals surface area contributed by atoms with Crippen LogP contribution in [0.15, 0.2) is 12.7 Å². The van der Waals surface area contributed by atoms with E-state index < -0.39 is 10.0 Å². The summed E-state index contributed by atoms with van der Waals surface area (Å²) in [6.07, 6.45) is 3.05. The van der Waals surface area contributed by atoms with Gasteiger partial charge in [-0.2, -0.15) is 0 Å². The molecule has 78 valence electrons. The van der Waals surface area contributed by atoms with Gasteiger partial charge in [-0.1, -0.05) is 19.4 Å². The van der Waals surface area contributed by atoms with E-state index in [2.05, 4.69) is 11.3 Å². The van der Waals surface area contributed by atoms with E-state index in [0.29, 0.717) is 6.54 Å². The highest BCUT2D eigenvalue weighted by atomic mass is 32.2. The first-order chi connectivity index (χ1) is 6.05. The molecule has 0 aromatic rings. The Morgan fingerprint density at radius 2 is 2.23 bits per heavy atom. The van der Waals surface area contributed by atoms with Crippen LogP contribution in [0.2, 0.25) is 0 Å². The molecule has 0 aromatic heterocycles. The first-order valence-electron chi connectivity index (χ1n) is 4.36. The molecule has 0 bridgehead atoms. The number of hydrogen-bond donors (Lipinski definition) is 2. The second-order valence-corrected chi connectivity index (χ2v) is 4.71. The quantitative estimate of drug-likeness (QED) is 0.585. The predicted molar refractivity (Wildman–Crippen MR) is 54.9 cm³/mol. The Bertz CT molecular complexity index is 237. The molecule has 0 aromatic carbocycles. The van der Waals surface area contributed by atoms with Gasteiger partial charge in [-0.05, 0) is 6.42 Å². The number of nitrogens with two attached hydrogens (primary N) is 1. The Hall–Kier alpha value is -0.390. The van der Waals surface area contributed by atoms with Gasteiger partial charge >= 0.3 is 0 Å². The standard InChI is InChI=1S/C8H18N2O2S/c1-3-5-8(7-9)10-13(11,12)6-4-2/h4,8,10H,2-3,5-7,9H2,1H3. The highest BCUT2D eigenvalue weighted by molar-refractivity contribution is 7.89. The van der Waals surface area contributed by atoms with Gasteiger partial charge < -0.3 is 5.73 Å². The van der Waals surface area contributed by atoms with Crippen LogP contribution >= 0.6 is 0 Å². The lowest BCUT2D eigenvalue weighted by Gasteiger charge is -2.14. The lowest BCUT2D eigenvalue weighted by molar-refractivity contribution is 0.529. The van der Waals surface area contributed by atoms with Gasteiger partial charge in [0.2, 0.25) is 10.0 Å². The highest BCUT2D eigenvalue weighted by Gasteiger charge is 2.13. The van der Waals surface area contributed by atoms with Crippen molar-refractivity contribution in [1.82, 2.24) is 4.72 Å². The van der Waals surface area contributed by atoms with Crippen LogP contribution < -0.4 is 10.5 Å². The van der Waals surface area contributed by atoms with Crippen LogP contribution in [0.3, 0.4) is 0 Å². The number of rotatable bonds is 7. The molecule has 0 radical (unpaired) electrons. The molecule has 0 aliphatic heterocycles. The van der Waals surface area contributed by atoms with Crippen molar-refractivity contribution in [3.63, 3.8) is 0 Å².